The number of carbonyl (C=O) groups excluding carboxylic acids is 1. The zero-order valence-corrected chi connectivity index (χ0v) is 20.2. The molecule has 2 aromatic carbocycles. The van der Waals surface area contributed by atoms with Gasteiger partial charge in [0, 0.05) is 44.3 Å². The quantitative estimate of drug-likeness (QED) is 0.493. The summed E-state index contributed by atoms with van der Waals surface area (Å²) in [6.07, 6.45) is 0. The number of benzene rings is 2. The van der Waals surface area contributed by atoms with Gasteiger partial charge in [-0.25, -0.2) is 4.98 Å². The highest BCUT2D eigenvalue weighted by Crippen LogP contribution is 2.40. The lowest BCUT2D eigenvalue weighted by Crippen LogP contribution is -2.48. The first-order chi connectivity index (χ1) is 16.1. The van der Waals surface area contributed by atoms with E-state index in [9.17, 15) is 4.79 Å². The van der Waals surface area contributed by atoms with Gasteiger partial charge in [0.15, 0.2) is 11.7 Å². The monoisotopic (exact) mass is 490 g/mol. The third-order valence-corrected chi connectivity index (χ3v) is 6.86. The summed E-state index contributed by atoms with van der Waals surface area (Å²) in [5.41, 5.74) is 0.836. The Labute approximate surface area is 202 Å². The Hall–Kier alpha value is -2.75. The maximum Gasteiger partial charge on any atom is 0.257 e. The Bertz CT molecular complexity index is 1040. The second kappa shape index (κ2) is 10.9. The van der Waals surface area contributed by atoms with Gasteiger partial charge < -0.3 is 24.4 Å². The molecular weight excluding hydrogens is 464 g/mol. The second-order valence-corrected chi connectivity index (χ2v) is 8.98. The van der Waals surface area contributed by atoms with Crippen LogP contribution in [0.1, 0.15) is 0 Å². The van der Waals surface area contributed by atoms with Gasteiger partial charge in [0.2, 0.25) is 0 Å². The van der Waals surface area contributed by atoms with Crippen molar-refractivity contribution in [3.05, 3.63) is 41.4 Å². The fraction of sp³-hybridized carbons (Fsp3) is 0.391. The molecule has 33 heavy (non-hydrogen) atoms. The van der Waals surface area contributed by atoms with Crippen LogP contribution in [0, 0.1) is 0 Å². The number of nitrogens with zero attached hydrogens (tertiary/aromatic N) is 3. The lowest BCUT2D eigenvalue weighted by atomic mass is 10.3. The van der Waals surface area contributed by atoms with E-state index in [1.165, 1.54) is 0 Å². The van der Waals surface area contributed by atoms with E-state index in [0.717, 1.165) is 59.6 Å². The number of nitrogens with one attached hydrogen (secondary N) is 1. The largest absolute Gasteiger partial charge is 0.495 e. The molecule has 2 heterocycles. The molecule has 10 heteroatoms. The van der Waals surface area contributed by atoms with E-state index in [0.29, 0.717) is 17.3 Å². The molecule has 4 rings (SSSR count). The van der Waals surface area contributed by atoms with Crippen LogP contribution in [0.2, 0.25) is 5.02 Å². The molecule has 0 atom stereocenters. The highest BCUT2D eigenvalue weighted by atomic mass is 35.5. The van der Waals surface area contributed by atoms with Gasteiger partial charge in [0.25, 0.3) is 5.91 Å². The summed E-state index contributed by atoms with van der Waals surface area (Å²) >= 11 is 7.47. The number of anilines is 1. The third-order valence-electron chi connectivity index (χ3n) is 5.48. The Morgan fingerprint density at radius 3 is 2.45 bits per heavy atom. The summed E-state index contributed by atoms with van der Waals surface area (Å²) < 4.78 is 17.4. The lowest BCUT2D eigenvalue weighted by molar-refractivity contribution is -0.123. The number of rotatable bonds is 9. The maximum atomic E-state index is 12.0. The van der Waals surface area contributed by atoms with Crippen LogP contribution in [-0.2, 0) is 4.79 Å². The van der Waals surface area contributed by atoms with Crippen molar-refractivity contribution >= 4 is 44.2 Å². The maximum absolute atomic E-state index is 12.0. The number of piperazine rings is 1. The number of aromatic nitrogens is 1. The van der Waals surface area contributed by atoms with Crippen LogP contribution < -0.4 is 24.4 Å². The normalized spacial score (nSPS) is 14.3. The van der Waals surface area contributed by atoms with Gasteiger partial charge in [0.1, 0.15) is 27.5 Å². The predicted octanol–water partition coefficient (Wildman–Crippen LogP) is 3.28. The fourth-order valence-electron chi connectivity index (χ4n) is 3.66. The van der Waals surface area contributed by atoms with Crippen LogP contribution in [0.3, 0.4) is 0 Å². The van der Waals surface area contributed by atoms with E-state index >= 15 is 0 Å². The van der Waals surface area contributed by atoms with Gasteiger partial charge in [-0.1, -0.05) is 22.9 Å². The van der Waals surface area contributed by atoms with Gasteiger partial charge in [-0.2, -0.15) is 0 Å². The van der Waals surface area contributed by atoms with Crippen LogP contribution in [0.25, 0.3) is 10.2 Å². The third kappa shape index (κ3) is 5.79. The Balaban J connectivity index is 1.22. The number of methoxy groups -OCH3 is 2. The van der Waals surface area contributed by atoms with E-state index in [1.54, 1.807) is 49.8 Å². The van der Waals surface area contributed by atoms with Gasteiger partial charge in [-0.05, 0) is 36.4 Å². The summed E-state index contributed by atoms with van der Waals surface area (Å²) in [6, 6.07) is 10.7. The van der Waals surface area contributed by atoms with E-state index in [-0.39, 0.29) is 12.5 Å². The molecule has 1 saturated heterocycles. The van der Waals surface area contributed by atoms with Crippen LogP contribution in [0.4, 0.5) is 5.13 Å². The molecule has 1 aliphatic rings. The number of carbonyl (C=O) groups is 1. The van der Waals surface area contributed by atoms with Crippen LogP contribution in [0.15, 0.2) is 36.4 Å². The van der Waals surface area contributed by atoms with Crippen molar-refractivity contribution in [1.82, 2.24) is 15.2 Å². The van der Waals surface area contributed by atoms with Gasteiger partial charge in [-0.15, -0.1) is 0 Å². The van der Waals surface area contributed by atoms with Crippen molar-refractivity contribution in [3.8, 4) is 17.2 Å². The number of ether oxygens (including phenoxy) is 3. The number of hydrogen-bond acceptors (Lipinski definition) is 8. The average molecular weight is 491 g/mol. The lowest BCUT2D eigenvalue weighted by Gasteiger charge is -2.34. The SMILES string of the molecule is COc1ccc(OC)c2sc(N3CCN(CCNC(=O)COc4ccc(Cl)cc4)CC3)nc12. The molecule has 1 aliphatic heterocycles. The standard InChI is InChI=1S/C23H27ClN4O4S/c1-30-18-7-8-19(31-2)22-21(18)26-23(33-22)28-13-11-27(12-14-28)10-9-25-20(29)15-32-17-5-3-16(24)4-6-17/h3-8H,9-15H2,1-2H3,(H,25,29). The summed E-state index contributed by atoms with van der Waals surface area (Å²) in [7, 11) is 3.32. The summed E-state index contributed by atoms with van der Waals surface area (Å²) in [5, 5.41) is 4.52. The summed E-state index contributed by atoms with van der Waals surface area (Å²) in [6.45, 7) is 4.92. The number of halogens is 1. The highest BCUT2D eigenvalue weighted by molar-refractivity contribution is 7.22. The van der Waals surface area contributed by atoms with Crippen LogP contribution >= 0.6 is 22.9 Å². The number of fused-ring (bicyclic) bond motifs is 1. The van der Waals surface area contributed by atoms with E-state index < -0.39 is 0 Å². The molecule has 8 nitrogen and oxygen atoms in total. The number of hydrogen-bond donors (Lipinski definition) is 1. The first-order valence-corrected chi connectivity index (χ1v) is 11.9. The Kier molecular flexibility index (Phi) is 7.74. The summed E-state index contributed by atoms with van der Waals surface area (Å²) in [5.74, 6) is 2.04. The zero-order valence-electron chi connectivity index (χ0n) is 18.7. The number of amides is 1. The van der Waals surface area contributed by atoms with Gasteiger partial charge in [-0.3, -0.25) is 9.69 Å². The molecule has 1 amide bonds. The van der Waals surface area contributed by atoms with Crippen LogP contribution in [-0.4, -0.2) is 75.9 Å². The topological polar surface area (TPSA) is 76.2 Å². The Morgan fingerprint density at radius 1 is 1.06 bits per heavy atom. The van der Waals surface area contributed by atoms with Crippen LogP contribution in [0.5, 0.6) is 17.2 Å². The minimum absolute atomic E-state index is 0.0139. The summed E-state index contributed by atoms with van der Waals surface area (Å²) in [4.78, 5) is 21.5. The van der Waals surface area contributed by atoms with Crippen molar-refractivity contribution in [2.24, 2.45) is 0 Å². The number of thiazole rings is 1. The first-order valence-electron chi connectivity index (χ1n) is 10.7. The van der Waals surface area contributed by atoms with Crippen molar-refractivity contribution in [1.29, 1.82) is 0 Å². The van der Waals surface area contributed by atoms with Gasteiger partial charge in [0.05, 0.1) is 14.2 Å². The molecule has 3 aromatic rings. The van der Waals surface area contributed by atoms with Crippen molar-refractivity contribution in [2.75, 3.05) is 65.0 Å². The smallest absolute Gasteiger partial charge is 0.257 e. The molecule has 1 N–H and O–H groups in total. The minimum atomic E-state index is -0.138. The van der Waals surface area contributed by atoms with E-state index in [2.05, 4.69) is 15.1 Å². The van der Waals surface area contributed by atoms with Gasteiger partial charge >= 0.3 is 0 Å². The molecular formula is C23H27ClN4O4S. The molecule has 1 fully saturated rings. The molecule has 176 valence electrons. The molecule has 0 spiro atoms. The van der Waals surface area contributed by atoms with Crippen molar-refractivity contribution in [3.63, 3.8) is 0 Å². The fourth-order valence-corrected chi connectivity index (χ4v) is 4.91. The Morgan fingerprint density at radius 2 is 1.76 bits per heavy atom. The van der Waals surface area contributed by atoms with Crippen molar-refractivity contribution in [2.45, 2.75) is 0 Å². The van der Waals surface area contributed by atoms with E-state index in [1.807, 2.05) is 12.1 Å². The molecule has 0 aliphatic carbocycles. The van der Waals surface area contributed by atoms with Crippen molar-refractivity contribution < 1.29 is 19.0 Å². The molecule has 0 radical (unpaired) electrons. The first kappa shape index (κ1) is 23.4. The second-order valence-electron chi connectivity index (χ2n) is 7.57. The molecule has 0 unspecified atom stereocenters. The molecule has 0 bridgehead atoms. The zero-order chi connectivity index (χ0) is 23.2. The molecule has 0 saturated carbocycles. The van der Waals surface area contributed by atoms with E-state index in [4.69, 9.17) is 30.8 Å². The minimum Gasteiger partial charge on any atom is -0.495 e. The average Bonchev–Trinajstić information content (AvgIpc) is 3.29. The predicted molar refractivity (Wildman–Crippen MR) is 131 cm³/mol. The highest BCUT2D eigenvalue weighted by Gasteiger charge is 2.22. The molecule has 1 aromatic heterocycles.